The van der Waals surface area contributed by atoms with Gasteiger partial charge in [0.1, 0.15) is 18.1 Å². The maximum Gasteiger partial charge on any atom is 0.243 e. The molecule has 2 aromatic carbocycles. The molecule has 2 rings (SSSR count). The van der Waals surface area contributed by atoms with E-state index in [9.17, 15) is 4.79 Å². The van der Waals surface area contributed by atoms with Crippen LogP contribution in [-0.4, -0.2) is 25.7 Å². The van der Waals surface area contributed by atoms with Gasteiger partial charge in [-0.25, -0.2) is 0 Å². The van der Waals surface area contributed by atoms with Crippen LogP contribution >= 0.6 is 0 Å². The number of ether oxygens (including phenoxy) is 2. The highest BCUT2D eigenvalue weighted by atomic mass is 16.5. The molecule has 0 spiro atoms. The summed E-state index contributed by atoms with van der Waals surface area (Å²) in [4.78, 5) is 12.3. The van der Waals surface area contributed by atoms with Crippen LogP contribution in [0.4, 0.5) is 11.4 Å². The Morgan fingerprint density at radius 2 is 1.65 bits per heavy atom. The zero-order valence-electron chi connectivity index (χ0n) is 15.3. The summed E-state index contributed by atoms with van der Waals surface area (Å²) < 4.78 is 11.3. The third kappa shape index (κ3) is 6.16. The van der Waals surface area contributed by atoms with Crippen LogP contribution in [0.3, 0.4) is 0 Å². The molecule has 2 N–H and O–H groups in total. The number of para-hydroxylation sites is 4. The lowest BCUT2D eigenvalue weighted by atomic mass is 10.2. The molecular formula is C21H26N2O3. The van der Waals surface area contributed by atoms with Gasteiger partial charge in [0.25, 0.3) is 0 Å². The van der Waals surface area contributed by atoms with Gasteiger partial charge in [-0.3, -0.25) is 4.79 Å². The number of hydrogen-bond acceptors (Lipinski definition) is 4. The van der Waals surface area contributed by atoms with Crippen molar-refractivity contribution in [3.05, 3.63) is 61.2 Å². The highest BCUT2D eigenvalue weighted by Crippen LogP contribution is 2.25. The maximum absolute atomic E-state index is 12.3. The van der Waals surface area contributed by atoms with Crippen LogP contribution in [0.1, 0.15) is 13.8 Å². The molecule has 0 fully saturated rings. The Morgan fingerprint density at radius 3 is 2.31 bits per heavy atom. The van der Waals surface area contributed by atoms with Gasteiger partial charge in [-0.15, -0.1) is 0 Å². The van der Waals surface area contributed by atoms with Gasteiger partial charge in [0.05, 0.1) is 24.5 Å². The van der Waals surface area contributed by atoms with Gasteiger partial charge >= 0.3 is 0 Å². The van der Waals surface area contributed by atoms with E-state index in [2.05, 4.69) is 31.1 Å². The second kappa shape index (κ2) is 10.1. The van der Waals surface area contributed by atoms with Gasteiger partial charge in [-0.05, 0) is 30.2 Å². The first-order valence-electron chi connectivity index (χ1n) is 8.68. The second-order valence-electron chi connectivity index (χ2n) is 6.20. The summed E-state index contributed by atoms with van der Waals surface area (Å²) in [6.45, 7) is 8.94. The Morgan fingerprint density at radius 1 is 1.04 bits per heavy atom. The highest BCUT2D eigenvalue weighted by Gasteiger charge is 2.09. The average Bonchev–Trinajstić information content (AvgIpc) is 2.64. The highest BCUT2D eigenvalue weighted by molar-refractivity contribution is 5.95. The molecule has 1 amide bonds. The molecule has 5 heteroatoms. The van der Waals surface area contributed by atoms with Crippen molar-refractivity contribution < 1.29 is 14.3 Å². The number of rotatable bonds is 10. The van der Waals surface area contributed by atoms with E-state index in [1.165, 1.54) is 0 Å². The van der Waals surface area contributed by atoms with Gasteiger partial charge in [-0.2, -0.15) is 0 Å². The molecule has 5 nitrogen and oxygen atoms in total. The van der Waals surface area contributed by atoms with Gasteiger partial charge in [-0.1, -0.05) is 50.8 Å². The lowest BCUT2D eigenvalue weighted by Crippen LogP contribution is -2.22. The number of carbonyl (C=O) groups is 1. The van der Waals surface area contributed by atoms with Crippen molar-refractivity contribution in [3.63, 3.8) is 0 Å². The standard InChI is InChI=1S/C21H26N2O3/c1-4-13-25-20-12-8-6-10-18(20)23-21(24)14-22-17-9-5-7-11-19(17)26-15-16(2)3/h4-12,16,22H,1,13-15H2,2-3H3,(H,23,24). The first-order chi connectivity index (χ1) is 12.6. The van der Waals surface area contributed by atoms with Crippen LogP contribution in [-0.2, 0) is 4.79 Å². The van der Waals surface area contributed by atoms with E-state index in [0.717, 1.165) is 11.4 Å². The fraction of sp³-hybridized carbons (Fsp3) is 0.286. The Labute approximate surface area is 155 Å². The van der Waals surface area contributed by atoms with E-state index in [-0.39, 0.29) is 12.5 Å². The first-order valence-corrected chi connectivity index (χ1v) is 8.68. The largest absolute Gasteiger partial charge is 0.491 e. The monoisotopic (exact) mass is 354 g/mol. The van der Waals surface area contributed by atoms with Gasteiger partial charge in [0.2, 0.25) is 5.91 Å². The van der Waals surface area contributed by atoms with Crippen molar-refractivity contribution in [1.29, 1.82) is 0 Å². The quantitative estimate of drug-likeness (QED) is 0.623. The summed E-state index contributed by atoms with van der Waals surface area (Å²) in [5.74, 6) is 1.61. The number of carbonyl (C=O) groups excluding carboxylic acids is 1. The van der Waals surface area contributed by atoms with Crippen LogP contribution in [0.15, 0.2) is 61.2 Å². The Balaban J connectivity index is 1.94. The fourth-order valence-corrected chi connectivity index (χ4v) is 2.21. The molecule has 138 valence electrons. The molecule has 0 saturated carbocycles. The van der Waals surface area contributed by atoms with Crippen molar-refractivity contribution in [3.8, 4) is 11.5 Å². The molecule has 0 aromatic heterocycles. The van der Waals surface area contributed by atoms with Crippen molar-refractivity contribution in [2.45, 2.75) is 13.8 Å². The number of hydrogen-bond donors (Lipinski definition) is 2. The van der Waals surface area contributed by atoms with Crippen molar-refractivity contribution in [1.82, 2.24) is 0 Å². The van der Waals surface area contributed by atoms with Gasteiger partial charge in [0, 0.05) is 0 Å². The summed E-state index contributed by atoms with van der Waals surface area (Å²) in [6, 6.07) is 14.9. The summed E-state index contributed by atoms with van der Waals surface area (Å²) in [5.41, 5.74) is 1.42. The average molecular weight is 354 g/mol. The lowest BCUT2D eigenvalue weighted by molar-refractivity contribution is -0.114. The summed E-state index contributed by atoms with van der Waals surface area (Å²) in [5, 5.41) is 5.98. The predicted molar refractivity (Wildman–Crippen MR) is 106 cm³/mol. The van der Waals surface area contributed by atoms with E-state index >= 15 is 0 Å². The summed E-state index contributed by atoms with van der Waals surface area (Å²) >= 11 is 0. The fourth-order valence-electron chi connectivity index (χ4n) is 2.21. The van der Waals surface area contributed by atoms with E-state index in [0.29, 0.717) is 30.6 Å². The van der Waals surface area contributed by atoms with Crippen LogP contribution in [0, 0.1) is 5.92 Å². The second-order valence-corrected chi connectivity index (χ2v) is 6.20. The van der Waals surface area contributed by atoms with Gasteiger partial charge < -0.3 is 20.1 Å². The third-order valence-corrected chi connectivity index (χ3v) is 3.42. The first kappa shape index (κ1) is 19.4. The molecule has 0 aliphatic rings. The smallest absolute Gasteiger partial charge is 0.243 e. The van der Waals surface area contributed by atoms with Gasteiger partial charge in [0.15, 0.2) is 0 Å². The number of nitrogens with one attached hydrogen (secondary N) is 2. The minimum absolute atomic E-state index is 0.123. The van der Waals surface area contributed by atoms with Crippen LogP contribution in [0.5, 0.6) is 11.5 Å². The number of anilines is 2. The molecule has 0 aliphatic heterocycles. The normalized spacial score (nSPS) is 10.3. The Kier molecular flexibility index (Phi) is 7.55. The topological polar surface area (TPSA) is 59.6 Å². The molecule has 26 heavy (non-hydrogen) atoms. The number of benzene rings is 2. The van der Waals surface area contributed by atoms with Crippen LogP contribution in [0.2, 0.25) is 0 Å². The zero-order chi connectivity index (χ0) is 18.8. The van der Waals surface area contributed by atoms with Crippen molar-refractivity contribution in [2.75, 3.05) is 30.4 Å². The lowest BCUT2D eigenvalue weighted by Gasteiger charge is -2.15. The minimum Gasteiger partial charge on any atom is -0.491 e. The van der Waals surface area contributed by atoms with Crippen LogP contribution in [0.25, 0.3) is 0 Å². The SMILES string of the molecule is C=CCOc1ccccc1NC(=O)CNc1ccccc1OCC(C)C. The zero-order valence-corrected chi connectivity index (χ0v) is 15.3. The van der Waals surface area contributed by atoms with E-state index in [1.54, 1.807) is 12.1 Å². The van der Waals surface area contributed by atoms with Crippen LogP contribution < -0.4 is 20.1 Å². The minimum atomic E-state index is -0.168. The molecule has 0 aliphatic carbocycles. The molecule has 2 aromatic rings. The third-order valence-electron chi connectivity index (χ3n) is 3.42. The molecular weight excluding hydrogens is 328 g/mol. The van der Waals surface area contributed by atoms with Crippen molar-refractivity contribution >= 4 is 17.3 Å². The Hall–Kier alpha value is -2.95. The molecule has 0 heterocycles. The molecule has 0 saturated heterocycles. The summed E-state index contributed by atoms with van der Waals surface area (Å²) in [6.07, 6.45) is 1.66. The van der Waals surface area contributed by atoms with E-state index in [1.807, 2.05) is 42.5 Å². The maximum atomic E-state index is 12.3. The molecule has 0 unspecified atom stereocenters. The molecule has 0 atom stereocenters. The predicted octanol–water partition coefficient (Wildman–Crippen LogP) is 4.34. The number of amides is 1. The van der Waals surface area contributed by atoms with Crippen molar-refractivity contribution in [2.24, 2.45) is 5.92 Å². The summed E-state index contributed by atoms with van der Waals surface area (Å²) in [7, 11) is 0. The Bertz CT molecular complexity index is 729. The molecule has 0 bridgehead atoms. The molecule has 0 radical (unpaired) electrons. The van der Waals surface area contributed by atoms with E-state index in [4.69, 9.17) is 9.47 Å². The van der Waals surface area contributed by atoms with E-state index < -0.39 is 0 Å².